The summed E-state index contributed by atoms with van der Waals surface area (Å²) < 4.78 is 12.9. The Bertz CT molecular complexity index is 643. The summed E-state index contributed by atoms with van der Waals surface area (Å²) in [5.41, 5.74) is 0.560. The number of thioether (sulfide) groups is 1. The molecule has 0 fully saturated rings. The van der Waals surface area contributed by atoms with E-state index < -0.39 is 0 Å². The number of carbonyl (C=O) groups is 1. The summed E-state index contributed by atoms with van der Waals surface area (Å²) in [5.74, 6) is 2.89. The summed E-state index contributed by atoms with van der Waals surface area (Å²) >= 11 is 1.59. The fourth-order valence-electron chi connectivity index (χ4n) is 1.94. The monoisotopic (exact) mass is 321 g/mol. The lowest BCUT2D eigenvalue weighted by atomic mass is 10.2. The van der Waals surface area contributed by atoms with E-state index in [0.717, 1.165) is 29.4 Å². The standard InChI is InChI=1S/C15H19N3O3S/c1-4-14-16-17-15(18(14)2)22-8-7-21-12-6-5-11(10-19)9-13(12)20-3/h5-6,9-10H,4,7-8H2,1-3H3. The van der Waals surface area contributed by atoms with E-state index in [-0.39, 0.29) is 0 Å². The van der Waals surface area contributed by atoms with Crippen molar-refractivity contribution in [2.24, 2.45) is 7.05 Å². The van der Waals surface area contributed by atoms with Crippen LogP contribution in [-0.2, 0) is 13.5 Å². The number of methoxy groups -OCH3 is 1. The summed E-state index contributed by atoms with van der Waals surface area (Å²) in [6.07, 6.45) is 1.64. The minimum Gasteiger partial charge on any atom is -0.493 e. The predicted octanol–water partition coefficient (Wildman–Crippen LogP) is 2.37. The van der Waals surface area contributed by atoms with Gasteiger partial charge in [0.05, 0.1) is 13.7 Å². The lowest BCUT2D eigenvalue weighted by Gasteiger charge is -2.10. The Morgan fingerprint density at radius 3 is 2.77 bits per heavy atom. The number of aryl methyl sites for hydroxylation is 1. The van der Waals surface area contributed by atoms with Crippen LogP contribution in [0, 0.1) is 0 Å². The van der Waals surface area contributed by atoms with Crippen LogP contribution in [0.2, 0.25) is 0 Å². The SMILES string of the molecule is CCc1nnc(SCCOc2ccc(C=O)cc2OC)n1C. The molecular formula is C15H19N3O3S. The molecule has 2 aromatic rings. The lowest BCUT2D eigenvalue weighted by Crippen LogP contribution is -2.04. The zero-order valence-electron chi connectivity index (χ0n) is 12.9. The maximum atomic E-state index is 10.7. The molecule has 22 heavy (non-hydrogen) atoms. The summed E-state index contributed by atoms with van der Waals surface area (Å²) in [6.45, 7) is 2.56. The lowest BCUT2D eigenvalue weighted by molar-refractivity contribution is 0.112. The van der Waals surface area contributed by atoms with Crippen molar-refractivity contribution in [1.29, 1.82) is 0 Å². The van der Waals surface area contributed by atoms with Crippen LogP contribution in [0.5, 0.6) is 11.5 Å². The topological polar surface area (TPSA) is 66.2 Å². The second-order valence-electron chi connectivity index (χ2n) is 4.54. The summed E-state index contributed by atoms with van der Waals surface area (Å²) in [4.78, 5) is 10.7. The molecule has 0 saturated carbocycles. The van der Waals surface area contributed by atoms with Crippen LogP contribution in [0.4, 0.5) is 0 Å². The molecule has 0 atom stereocenters. The first-order chi connectivity index (χ1) is 10.7. The van der Waals surface area contributed by atoms with Crippen molar-refractivity contribution in [3.05, 3.63) is 29.6 Å². The first-order valence-corrected chi connectivity index (χ1v) is 7.95. The third-order valence-electron chi connectivity index (χ3n) is 3.14. The number of hydrogen-bond donors (Lipinski definition) is 0. The van der Waals surface area contributed by atoms with Crippen molar-refractivity contribution in [3.63, 3.8) is 0 Å². The minimum absolute atomic E-state index is 0.510. The van der Waals surface area contributed by atoms with Gasteiger partial charge in [-0.15, -0.1) is 10.2 Å². The maximum absolute atomic E-state index is 10.7. The van der Waals surface area contributed by atoms with Crippen LogP contribution in [-0.4, -0.2) is 40.5 Å². The second-order valence-corrected chi connectivity index (χ2v) is 5.60. The molecule has 0 unspecified atom stereocenters. The molecule has 0 spiro atoms. The number of carbonyl (C=O) groups excluding carboxylic acids is 1. The quantitative estimate of drug-likeness (QED) is 0.422. The van der Waals surface area contributed by atoms with Gasteiger partial charge in [0, 0.05) is 24.8 Å². The average Bonchev–Trinajstić information content (AvgIpc) is 2.91. The van der Waals surface area contributed by atoms with Crippen LogP contribution < -0.4 is 9.47 Å². The van der Waals surface area contributed by atoms with Crippen LogP contribution in [0.1, 0.15) is 23.1 Å². The maximum Gasteiger partial charge on any atom is 0.191 e. The first kappa shape index (κ1) is 16.4. The Hall–Kier alpha value is -2.02. The molecule has 6 nitrogen and oxygen atoms in total. The zero-order valence-corrected chi connectivity index (χ0v) is 13.7. The smallest absolute Gasteiger partial charge is 0.191 e. The first-order valence-electron chi connectivity index (χ1n) is 6.96. The third kappa shape index (κ3) is 3.79. The fourth-order valence-corrected chi connectivity index (χ4v) is 2.69. The Morgan fingerprint density at radius 2 is 2.14 bits per heavy atom. The molecule has 1 aromatic carbocycles. The molecule has 0 aliphatic carbocycles. The van der Waals surface area contributed by atoms with Crippen molar-refractivity contribution in [2.45, 2.75) is 18.5 Å². The number of nitrogens with zero attached hydrogens (tertiary/aromatic N) is 3. The number of benzene rings is 1. The van der Waals surface area contributed by atoms with Crippen LogP contribution in [0.3, 0.4) is 0 Å². The highest BCUT2D eigenvalue weighted by atomic mass is 32.2. The molecule has 0 N–H and O–H groups in total. The van der Waals surface area contributed by atoms with Crippen molar-refractivity contribution in [1.82, 2.24) is 14.8 Å². The highest BCUT2D eigenvalue weighted by molar-refractivity contribution is 7.99. The van der Waals surface area contributed by atoms with Crippen molar-refractivity contribution >= 4 is 18.0 Å². The van der Waals surface area contributed by atoms with E-state index in [1.54, 1.807) is 37.1 Å². The molecule has 0 bridgehead atoms. The van der Waals surface area contributed by atoms with E-state index >= 15 is 0 Å². The van der Waals surface area contributed by atoms with Crippen molar-refractivity contribution in [3.8, 4) is 11.5 Å². The van der Waals surface area contributed by atoms with E-state index in [1.165, 1.54) is 0 Å². The molecule has 118 valence electrons. The molecule has 0 amide bonds. The van der Waals surface area contributed by atoms with E-state index in [4.69, 9.17) is 9.47 Å². The molecule has 2 rings (SSSR count). The predicted molar refractivity (Wildman–Crippen MR) is 85.0 cm³/mol. The number of hydrogen-bond acceptors (Lipinski definition) is 6. The summed E-state index contributed by atoms with van der Waals surface area (Å²) in [5, 5.41) is 9.14. The summed E-state index contributed by atoms with van der Waals surface area (Å²) in [6, 6.07) is 5.10. The average molecular weight is 321 g/mol. The molecule has 0 aliphatic heterocycles. The van der Waals surface area contributed by atoms with Gasteiger partial charge in [0.25, 0.3) is 0 Å². The van der Waals surface area contributed by atoms with Crippen molar-refractivity contribution < 1.29 is 14.3 Å². The number of rotatable bonds is 8. The molecular weight excluding hydrogens is 302 g/mol. The van der Waals surface area contributed by atoms with Crippen LogP contribution in [0.25, 0.3) is 0 Å². The van der Waals surface area contributed by atoms with E-state index in [1.807, 2.05) is 11.6 Å². The molecule has 7 heteroatoms. The minimum atomic E-state index is 0.510. The highest BCUT2D eigenvalue weighted by Gasteiger charge is 2.08. The zero-order chi connectivity index (χ0) is 15.9. The van der Waals surface area contributed by atoms with Gasteiger partial charge in [-0.05, 0) is 18.2 Å². The van der Waals surface area contributed by atoms with Gasteiger partial charge in [0.2, 0.25) is 0 Å². The van der Waals surface area contributed by atoms with Gasteiger partial charge in [-0.1, -0.05) is 18.7 Å². The van der Waals surface area contributed by atoms with E-state index in [2.05, 4.69) is 17.1 Å². The van der Waals surface area contributed by atoms with E-state index in [0.29, 0.717) is 23.7 Å². The van der Waals surface area contributed by atoms with Gasteiger partial charge >= 0.3 is 0 Å². The van der Waals surface area contributed by atoms with Crippen LogP contribution >= 0.6 is 11.8 Å². The Labute approximate surface area is 133 Å². The number of aldehydes is 1. The van der Waals surface area contributed by atoms with Gasteiger partial charge in [-0.2, -0.15) is 0 Å². The van der Waals surface area contributed by atoms with E-state index in [9.17, 15) is 4.79 Å². The van der Waals surface area contributed by atoms with Crippen LogP contribution in [0.15, 0.2) is 23.4 Å². The Morgan fingerprint density at radius 1 is 1.32 bits per heavy atom. The Balaban J connectivity index is 1.88. The van der Waals surface area contributed by atoms with Gasteiger partial charge < -0.3 is 14.0 Å². The largest absolute Gasteiger partial charge is 0.493 e. The summed E-state index contributed by atoms with van der Waals surface area (Å²) in [7, 11) is 3.51. The highest BCUT2D eigenvalue weighted by Crippen LogP contribution is 2.28. The molecule has 1 aromatic heterocycles. The molecule has 0 saturated heterocycles. The molecule has 0 aliphatic rings. The Kier molecular flexibility index (Phi) is 5.83. The molecule has 0 radical (unpaired) electrons. The normalized spacial score (nSPS) is 10.5. The number of ether oxygens (including phenoxy) is 2. The van der Waals surface area contributed by atoms with Gasteiger partial charge in [-0.25, -0.2) is 0 Å². The van der Waals surface area contributed by atoms with Gasteiger partial charge in [0.1, 0.15) is 12.1 Å². The second kappa shape index (κ2) is 7.84. The third-order valence-corrected chi connectivity index (χ3v) is 4.12. The van der Waals surface area contributed by atoms with Crippen molar-refractivity contribution in [2.75, 3.05) is 19.5 Å². The van der Waals surface area contributed by atoms with Gasteiger partial charge in [0.15, 0.2) is 16.7 Å². The number of aromatic nitrogens is 3. The fraction of sp³-hybridized carbons (Fsp3) is 0.400. The molecule has 1 heterocycles. The van der Waals surface area contributed by atoms with Gasteiger partial charge in [-0.3, -0.25) is 4.79 Å².